The van der Waals surface area contributed by atoms with Gasteiger partial charge in [-0.25, -0.2) is 0 Å². The molecule has 166 valence electrons. The van der Waals surface area contributed by atoms with Crippen LogP contribution in [0, 0.1) is 5.41 Å². The quantitative estimate of drug-likeness (QED) is 0.583. The predicted octanol–water partition coefficient (Wildman–Crippen LogP) is 4.39. The number of amides is 2. The minimum Gasteiger partial charge on any atom is -0.484 e. The Labute approximate surface area is 193 Å². The van der Waals surface area contributed by atoms with Gasteiger partial charge in [-0.3, -0.25) is 9.59 Å². The van der Waals surface area contributed by atoms with Crippen molar-refractivity contribution in [3.8, 4) is 16.2 Å². The van der Waals surface area contributed by atoms with Crippen LogP contribution in [0.4, 0.5) is 0 Å². The zero-order valence-corrected chi connectivity index (χ0v) is 19.1. The van der Waals surface area contributed by atoms with Crippen molar-refractivity contribution in [2.24, 2.45) is 5.41 Å². The van der Waals surface area contributed by atoms with Crippen molar-refractivity contribution < 1.29 is 14.3 Å². The summed E-state index contributed by atoms with van der Waals surface area (Å²) in [7, 11) is 1.69. The van der Waals surface area contributed by atoms with Gasteiger partial charge in [0.1, 0.15) is 5.75 Å². The Kier molecular flexibility index (Phi) is 6.90. The van der Waals surface area contributed by atoms with E-state index in [-0.39, 0.29) is 18.4 Å². The number of rotatable bonds is 7. The number of hydrogen-bond acceptors (Lipinski definition) is 4. The summed E-state index contributed by atoms with van der Waals surface area (Å²) in [5.41, 5.74) is 1.82. The fraction of sp³-hybridized carbons (Fsp3) is 0.308. The van der Waals surface area contributed by atoms with Crippen molar-refractivity contribution >= 4 is 23.2 Å². The number of thiophene rings is 1. The number of likely N-dealkylation sites (tertiary alicyclic amines) is 1. The van der Waals surface area contributed by atoms with Gasteiger partial charge in [0, 0.05) is 25.0 Å². The van der Waals surface area contributed by atoms with E-state index in [9.17, 15) is 9.59 Å². The van der Waals surface area contributed by atoms with Gasteiger partial charge in [-0.2, -0.15) is 0 Å². The molecule has 32 heavy (non-hydrogen) atoms. The standard InChI is InChI=1S/C26H28N2O3S/c1-27-25(30)26(18-20-8-5-6-11-22(20)23-12-7-17-32-23)13-15-28(16-14-26)24(29)19-31-21-9-3-2-4-10-21/h2-12,17H,13-16,18-19H2,1H3,(H,27,30). The molecule has 0 bridgehead atoms. The lowest BCUT2D eigenvalue weighted by atomic mass is 9.72. The predicted molar refractivity (Wildman–Crippen MR) is 128 cm³/mol. The lowest BCUT2D eigenvalue weighted by Gasteiger charge is -2.40. The average Bonchev–Trinajstić information content (AvgIpc) is 3.38. The van der Waals surface area contributed by atoms with Gasteiger partial charge >= 0.3 is 0 Å². The molecule has 1 N–H and O–H groups in total. The Morgan fingerprint density at radius 2 is 1.72 bits per heavy atom. The third-order valence-corrected chi connectivity index (χ3v) is 7.12. The number of para-hydroxylation sites is 1. The summed E-state index contributed by atoms with van der Waals surface area (Å²) >= 11 is 1.71. The fourth-order valence-electron chi connectivity index (χ4n) is 4.40. The van der Waals surface area contributed by atoms with E-state index < -0.39 is 5.41 Å². The molecular formula is C26H28N2O3S. The summed E-state index contributed by atoms with van der Waals surface area (Å²) in [6.07, 6.45) is 1.91. The van der Waals surface area contributed by atoms with Crippen LogP contribution in [0.2, 0.25) is 0 Å². The first-order valence-corrected chi connectivity index (χ1v) is 11.8. The monoisotopic (exact) mass is 448 g/mol. The summed E-state index contributed by atoms with van der Waals surface area (Å²) in [6.45, 7) is 1.11. The molecule has 0 saturated carbocycles. The molecule has 5 nitrogen and oxygen atoms in total. The molecule has 0 aliphatic carbocycles. The Balaban J connectivity index is 1.45. The van der Waals surface area contributed by atoms with Crippen molar-refractivity contribution in [2.45, 2.75) is 19.3 Å². The molecule has 2 amide bonds. The van der Waals surface area contributed by atoms with Crippen LogP contribution in [0.1, 0.15) is 18.4 Å². The van der Waals surface area contributed by atoms with E-state index in [1.165, 1.54) is 16.0 Å². The molecule has 0 unspecified atom stereocenters. The summed E-state index contributed by atoms with van der Waals surface area (Å²) in [6, 6.07) is 21.8. The zero-order valence-electron chi connectivity index (χ0n) is 18.3. The van der Waals surface area contributed by atoms with Crippen LogP contribution < -0.4 is 10.1 Å². The molecule has 1 aromatic heterocycles. The molecule has 0 spiro atoms. The van der Waals surface area contributed by atoms with Crippen molar-refractivity contribution in [3.63, 3.8) is 0 Å². The van der Waals surface area contributed by atoms with Gasteiger partial charge in [-0.05, 0) is 54.0 Å². The van der Waals surface area contributed by atoms with Gasteiger partial charge in [0.05, 0.1) is 5.41 Å². The van der Waals surface area contributed by atoms with Crippen LogP contribution >= 0.6 is 11.3 Å². The van der Waals surface area contributed by atoms with Gasteiger partial charge < -0.3 is 15.0 Å². The Hall–Kier alpha value is -3.12. The summed E-state index contributed by atoms with van der Waals surface area (Å²) in [5.74, 6) is 0.687. The molecule has 1 aliphatic rings. The molecule has 2 heterocycles. The highest BCUT2D eigenvalue weighted by Crippen LogP contribution is 2.39. The lowest BCUT2D eigenvalue weighted by Crippen LogP contribution is -2.51. The second kappa shape index (κ2) is 10.0. The van der Waals surface area contributed by atoms with E-state index in [0.29, 0.717) is 38.1 Å². The Morgan fingerprint density at radius 3 is 2.41 bits per heavy atom. The molecular weight excluding hydrogens is 420 g/mol. The number of piperidine rings is 1. The SMILES string of the molecule is CNC(=O)C1(Cc2ccccc2-c2cccs2)CCN(C(=O)COc2ccccc2)CC1. The highest BCUT2D eigenvalue weighted by Gasteiger charge is 2.42. The summed E-state index contributed by atoms with van der Waals surface area (Å²) in [4.78, 5) is 28.8. The third-order valence-electron chi connectivity index (χ3n) is 6.22. The van der Waals surface area contributed by atoms with Crippen molar-refractivity contribution in [1.29, 1.82) is 0 Å². The van der Waals surface area contributed by atoms with Crippen molar-refractivity contribution in [3.05, 3.63) is 77.7 Å². The van der Waals surface area contributed by atoms with Crippen LogP contribution in [0.3, 0.4) is 0 Å². The van der Waals surface area contributed by atoms with E-state index in [1.807, 2.05) is 53.4 Å². The smallest absolute Gasteiger partial charge is 0.260 e. The second-order valence-corrected chi connectivity index (χ2v) is 9.10. The highest BCUT2D eigenvalue weighted by molar-refractivity contribution is 7.13. The normalized spacial score (nSPS) is 15.2. The number of carbonyl (C=O) groups is 2. The largest absolute Gasteiger partial charge is 0.484 e. The number of hydrogen-bond donors (Lipinski definition) is 1. The molecule has 6 heteroatoms. The first-order valence-electron chi connectivity index (χ1n) is 10.9. The first kappa shape index (κ1) is 22.1. The summed E-state index contributed by atoms with van der Waals surface area (Å²) < 4.78 is 5.63. The van der Waals surface area contributed by atoms with Crippen LogP contribution in [-0.4, -0.2) is 43.5 Å². The molecule has 2 aromatic carbocycles. The van der Waals surface area contributed by atoms with Gasteiger partial charge in [0.25, 0.3) is 5.91 Å². The van der Waals surface area contributed by atoms with Crippen LogP contribution in [-0.2, 0) is 16.0 Å². The molecule has 3 aromatic rings. The summed E-state index contributed by atoms with van der Waals surface area (Å²) in [5, 5.41) is 4.95. The minimum absolute atomic E-state index is 0.0121. The Bertz CT molecular complexity index is 1040. The van der Waals surface area contributed by atoms with E-state index >= 15 is 0 Å². The van der Waals surface area contributed by atoms with Crippen LogP contribution in [0.5, 0.6) is 5.75 Å². The first-order chi connectivity index (χ1) is 15.6. The molecule has 0 atom stereocenters. The van der Waals surface area contributed by atoms with Crippen molar-refractivity contribution in [1.82, 2.24) is 10.2 Å². The van der Waals surface area contributed by atoms with Gasteiger partial charge in [-0.1, -0.05) is 48.5 Å². The molecule has 1 saturated heterocycles. The minimum atomic E-state index is -0.529. The number of benzene rings is 2. The van der Waals surface area contributed by atoms with Crippen LogP contribution in [0.25, 0.3) is 10.4 Å². The van der Waals surface area contributed by atoms with Gasteiger partial charge in [-0.15, -0.1) is 11.3 Å². The molecule has 4 rings (SSSR count). The fourth-order valence-corrected chi connectivity index (χ4v) is 5.18. The lowest BCUT2D eigenvalue weighted by molar-refractivity contribution is -0.141. The third kappa shape index (κ3) is 4.86. The number of nitrogens with zero attached hydrogens (tertiary/aromatic N) is 1. The van der Waals surface area contributed by atoms with Gasteiger partial charge in [0.15, 0.2) is 6.61 Å². The average molecular weight is 449 g/mol. The second-order valence-electron chi connectivity index (χ2n) is 8.15. The van der Waals surface area contributed by atoms with E-state index in [0.717, 1.165) is 0 Å². The highest BCUT2D eigenvalue weighted by atomic mass is 32.1. The van der Waals surface area contributed by atoms with Crippen molar-refractivity contribution in [2.75, 3.05) is 26.7 Å². The van der Waals surface area contributed by atoms with E-state index in [1.54, 1.807) is 18.4 Å². The maximum atomic E-state index is 13.0. The van der Waals surface area contributed by atoms with E-state index in [4.69, 9.17) is 4.74 Å². The molecule has 1 fully saturated rings. The maximum absolute atomic E-state index is 13.0. The van der Waals surface area contributed by atoms with Gasteiger partial charge in [0.2, 0.25) is 5.91 Å². The van der Waals surface area contributed by atoms with Crippen LogP contribution in [0.15, 0.2) is 72.1 Å². The molecule has 1 aliphatic heterocycles. The topological polar surface area (TPSA) is 58.6 Å². The maximum Gasteiger partial charge on any atom is 0.260 e. The number of ether oxygens (including phenoxy) is 1. The zero-order chi connectivity index (χ0) is 22.4. The Morgan fingerprint density at radius 1 is 1.00 bits per heavy atom. The number of nitrogens with one attached hydrogen (secondary N) is 1. The van der Waals surface area contributed by atoms with E-state index in [2.05, 4.69) is 28.9 Å². The molecule has 0 radical (unpaired) electrons. The number of carbonyl (C=O) groups excluding carboxylic acids is 2.